The van der Waals surface area contributed by atoms with Crippen LogP contribution in [0.15, 0.2) is 28.9 Å². The number of hydrogen-bond donors (Lipinski definition) is 3. The third kappa shape index (κ3) is 3.60. The summed E-state index contributed by atoms with van der Waals surface area (Å²) in [5.41, 5.74) is 1.73. The molecule has 0 spiro atoms. The van der Waals surface area contributed by atoms with Crippen molar-refractivity contribution in [3.8, 4) is 0 Å². The monoisotopic (exact) mass is 352 g/mol. The van der Waals surface area contributed by atoms with Crippen molar-refractivity contribution in [2.45, 2.75) is 6.92 Å². The second kappa shape index (κ2) is 5.96. The van der Waals surface area contributed by atoms with Gasteiger partial charge >= 0.3 is 12.0 Å². The largest absolute Gasteiger partial charge is 0.478 e. The van der Waals surface area contributed by atoms with Crippen LogP contribution in [-0.4, -0.2) is 26.9 Å². The first-order valence-corrected chi connectivity index (χ1v) is 6.77. The Bertz CT molecular complexity index is 711. The van der Waals surface area contributed by atoms with Crippen LogP contribution in [0.5, 0.6) is 0 Å². The zero-order valence-electron chi connectivity index (χ0n) is 11.3. The van der Waals surface area contributed by atoms with Crippen molar-refractivity contribution in [3.05, 3.63) is 40.1 Å². The summed E-state index contributed by atoms with van der Waals surface area (Å²) < 4.78 is 2.18. The van der Waals surface area contributed by atoms with Crippen LogP contribution in [0, 0.1) is 6.92 Å². The van der Waals surface area contributed by atoms with E-state index in [-0.39, 0.29) is 5.56 Å². The van der Waals surface area contributed by atoms with Crippen molar-refractivity contribution in [1.82, 2.24) is 9.78 Å². The molecule has 1 heterocycles. The van der Waals surface area contributed by atoms with Gasteiger partial charge in [-0.3, -0.25) is 4.68 Å². The second-order valence-corrected chi connectivity index (χ2v) is 5.24. The molecule has 0 bridgehead atoms. The maximum absolute atomic E-state index is 11.9. The van der Waals surface area contributed by atoms with Gasteiger partial charge in [-0.2, -0.15) is 5.10 Å². The number of carboxylic acids is 1. The fraction of sp³-hybridized carbons (Fsp3) is 0.154. The van der Waals surface area contributed by atoms with Gasteiger partial charge < -0.3 is 15.7 Å². The topological polar surface area (TPSA) is 96.3 Å². The van der Waals surface area contributed by atoms with E-state index >= 15 is 0 Å². The lowest BCUT2D eigenvalue weighted by atomic mass is 10.2. The average Bonchev–Trinajstić information content (AvgIpc) is 2.70. The summed E-state index contributed by atoms with van der Waals surface area (Å²) in [5, 5.41) is 18.3. The summed E-state index contributed by atoms with van der Waals surface area (Å²) in [6.45, 7) is 1.77. The Morgan fingerprint density at radius 1 is 1.29 bits per heavy atom. The minimum absolute atomic E-state index is 0.0889. The maximum atomic E-state index is 11.9. The number of carboxylic acid groups (broad SMARTS) is 1. The van der Waals surface area contributed by atoms with Gasteiger partial charge in [0, 0.05) is 17.7 Å². The summed E-state index contributed by atoms with van der Waals surface area (Å²) >= 11 is 3.26. The highest BCUT2D eigenvalue weighted by molar-refractivity contribution is 9.10. The summed E-state index contributed by atoms with van der Waals surface area (Å²) in [5.74, 6) is -1.06. The van der Waals surface area contributed by atoms with E-state index in [0.717, 1.165) is 0 Å². The Morgan fingerprint density at radius 3 is 2.52 bits per heavy atom. The number of carbonyl (C=O) groups is 2. The van der Waals surface area contributed by atoms with Crippen LogP contribution >= 0.6 is 15.9 Å². The van der Waals surface area contributed by atoms with Crippen LogP contribution in [0.25, 0.3) is 0 Å². The number of urea groups is 1. The summed E-state index contributed by atoms with van der Waals surface area (Å²) in [6.07, 6.45) is 1.68. The predicted molar refractivity (Wildman–Crippen MR) is 81.7 cm³/mol. The summed E-state index contributed by atoms with van der Waals surface area (Å²) in [7, 11) is 1.75. The van der Waals surface area contributed by atoms with Gasteiger partial charge in [-0.15, -0.1) is 0 Å². The minimum Gasteiger partial charge on any atom is -0.478 e. The van der Waals surface area contributed by atoms with E-state index in [1.165, 1.54) is 12.1 Å². The van der Waals surface area contributed by atoms with Gasteiger partial charge in [0.1, 0.15) is 0 Å². The van der Waals surface area contributed by atoms with E-state index in [0.29, 0.717) is 21.5 Å². The van der Waals surface area contributed by atoms with Gasteiger partial charge in [-0.1, -0.05) is 0 Å². The second-order valence-electron chi connectivity index (χ2n) is 4.38. The number of hydrogen-bond acceptors (Lipinski definition) is 3. The van der Waals surface area contributed by atoms with Crippen molar-refractivity contribution in [2.24, 2.45) is 7.05 Å². The van der Waals surface area contributed by atoms with Gasteiger partial charge in [0.15, 0.2) is 0 Å². The van der Waals surface area contributed by atoms with Gasteiger partial charge in [-0.05, 0) is 41.1 Å². The van der Waals surface area contributed by atoms with E-state index in [2.05, 4.69) is 31.7 Å². The van der Waals surface area contributed by atoms with Crippen LogP contribution in [-0.2, 0) is 7.05 Å². The highest BCUT2D eigenvalue weighted by atomic mass is 79.9. The van der Waals surface area contributed by atoms with Gasteiger partial charge in [0.25, 0.3) is 0 Å². The van der Waals surface area contributed by atoms with E-state index in [4.69, 9.17) is 5.11 Å². The van der Waals surface area contributed by atoms with Crippen molar-refractivity contribution in [2.75, 3.05) is 10.6 Å². The molecule has 21 heavy (non-hydrogen) atoms. The minimum atomic E-state index is -1.06. The number of carbonyl (C=O) groups excluding carboxylic acids is 1. The molecule has 1 aromatic heterocycles. The zero-order chi connectivity index (χ0) is 15.6. The molecule has 0 aliphatic carbocycles. The Hall–Kier alpha value is -2.35. The normalized spacial score (nSPS) is 10.2. The molecule has 2 amide bonds. The molecule has 0 saturated heterocycles. The van der Waals surface area contributed by atoms with Crippen molar-refractivity contribution in [3.63, 3.8) is 0 Å². The number of nitrogens with zero attached hydrogens (tertiary/aromatic N) is 2. The highest BCUT2D eigenvalue weighted by Crippen LogP contribution is 2.24. The summed E-state index contributed by atoms with van der Waals surface area (Å²) in [4.78, 5) is 22.9. The van der Waals surface area contributed by atoms with Crippen LogP contribution in [0.3, 0.4) is 0 Å². The van der Waals surface area contributed by atoms with E-state index in [1.807, 2.05) is 0 Å². The smallest absolute Gasteiger partial charge is 0.335 e. The first-order chi connectivity index (χ1) is 9.86. The van der Waals surface area contributed by atoms with Crippen LogP contribution in [0.1, 0.15) is 16.1 Å². The van der Waals surface area contributed by atoms with Gasteiger partial charge in [0.2, 0.25) is 0 Å². The molecule has 0 aliphatic heterocycles. The van der Waals surface area contributed by atoms with Crippen LogP contribution < -0.4 is 10.6 Å². The van der Waals surface area contributed by atoms with E-state index < -0.39 is 12.0 Å². The molecule has 110 valence electrons. The van der Waals surface area contributed by atoms with Gasteiger partial charge in [0.05, 0.1) is 22.6 Å². The number of rotatable bonds is 3. The van der Waals surface area contributed by atoms with Gasteiger partial charge in [-0.25, -0.2) is 9.59 Å². The lowest BCUT2D eigenvalue weighted by Gasteiger charge is -2.09. The van der Waals surface area contributed by atoms with E-state index in [1.54, 1.807) is 30.9 Å². The fourth-order valence-electron chi connectivity index (χ4n) is 1.75. The number of amides is 2. The molecular formula is C13H13BrN4O3. The first-order valence-electron chi connectivity index (χ1n) is 5.98. The lowest BCUT2D eigenvalue weighted by molar-refractivity contribution is 0.0697. The molecule has 0 unspecified atom stereocenters. The fourth-order valence-corrected chi connectivity index (χ4v) is 2.10. The molecule has 7 nitrogen and oxygen atoms in total. The van der Waals surface area contributed by atoms with Crippen molar-refractivity contribution >= 4 is 39.3 Å². The molecule has 0 fully saturated rings. The third-order valence-corrected chi connectivity index (χ3v) is 3.41. The predicted octanol–water partition coefficient (Wildman–Crippen LogP) is 2.83. The Morgan fingerprint density at radius 2 is 1.95 bits per heavy atom. The molecule has 2 rings (SSSR count). The van der Waals surface area contributed by atoms with Crippen LogP contribution in [0.2, 0.25) is 0 Å². The molecule has 2 aromatic rings. The Kier molecular flexibility index (Phi) is 4.27. The number of aryl methyl sites for hydroxylation is 2. The van der Waals surface area contributed by atoms with Crippen LogP contribution in [0.4, 0.5) is 16.2 Å². The number of halogens is 1. The van der Waals surface area contributed by atoms with Crippen molar-refractivity contribution in [1.29, 1.82) is 0 Å². The van der Waals surface area contributed by atoms with Crippen molar-refractivity contribution < 1.29 is 14.7 Å². The number of anilines is 2. The number of benzene rings is 1. The molecule has 8 heteroatoms. The molecule has 1 aromatic carbocycles. The third-order valence-electron chi connectivity index (χ3n) is 2.72. The SMILES string of the molecule is Cc1nn(C)cc1NC(=O)Nc1cc(C(=O)O)ccc1Br. The number of nitrogens with one attached hydrogen (secondary N) is 2. The Labute approximate surface area is 129 Å². The quantitative estimate of drug-likeness (QED) is 0.791. The molecule has 3 N–H and O–H groups in total. The lowest BCUT2D eigenvalue weighted by Crippen LogP contribution is -2.20. The zero-order valence-corrected chi connectivity index (χ0v) is 12.9. The molecule has 0 atom stereocenters. The number of aromatic nitrogens is 2. The van der Waals surface area contributed by atoms with E-state index in [9.17, 15) is 9.59 Å². The first kappa shape index (κ1) is 15.0. The molecule has 0 aliphatic rings. The highest BCUT2D eigenvalue weighted by Gasteiger charge is 2.11. The average molecular weight is 353 g/mol. The molecule has 0 radical (unpaired) electrons. The Balaban J connectivity index is 2.14. The standard InChI is InChI=1S/C13H13BrN4O3/c1-7-11(6-18(2)17-7)16-13(21)15-10-5-8(12(19)20)3-4-9(10)14/h3-6H,1-2H3,(H,19,20)(H2,15,16,21). The molecular weight excluding hydrogens is 340 g/mol. The number of aromatic carboxylic acids is 1. The molecule has 0 saturated carbocycles. The summed E-state index contributed by atoms with van der Waals surface area (Å²) in [6, 6.07) is 3.91. The maximum Gasteiger partial charge on any atom is 0.335 e.